The van der Waals surface area contributed by atoms with Crippen LogP contribution in [-0.2, 0) is 0 Å². The molecular formula is C21H24N6O2. The van der Waals surface area contributed by atoms with Crippen molar-refractivity contribution in [3.05, 3.63) is 60.2 Å². The summed E-state index contributed by atoms with van der Waals surface area (Å²) in [5.74, 6) is 1.04. The van der Waals surface area contributed by atoms with Crippen molar-refractivity contribution in [2.24, 2.45) is 0 Å². The number of likely N-dealkylation sites (tertiary alicyclic amines) is 1. The molecule has 1 fully saturated rings. The van der Waals surface area contributed by atoms with Crippen LogP contribution >= 0.6 is 0 Å². The number of hydrogen-bond donors (Lipinski definition) is 1. The van der Waals surface area contributed by atoms with E-state index in [1.807, 2.05) is 62.4 Å². The van der Waals surface area contributed by atoms with Gasteiger partial charge in [0, 0.05) is 55.9 Å². The van der Waals surface area contributed by atoms with Gasteiger partial charge in [-0.05, 0) is 49.9 Å². The summed E-state index contributed by atoms with van der Waals surface area (Å²) in [6.07, 6.45) is 4.11. The van der Waals surface area contributed by atoms with Crippen molar-refractivity contribution in [3.8, 4) is 11.4 Å². The Kier molecular flexibility index (Phi) is 5.26. The second-order valence-electron chi connectivity index (χ2n) is 7.49. The first-order valence-electron chi connectivity index (χ1n) is 9.54. The van der Waals surface area contributed by atoms with Crippen molar-refractivity contribution in [1.29, 1.82) is 0 Å². The lowest BCUT2D eigenvalue weighted by Crippen LogP contribution is -2.36. The fraction of sp³-hybridized carbons (Fsp3) is 0.333. The number of nitrogens with one attached hydrogen (secondary N) is 1. The van der Waals surface area contributed by atoms with E-state index < -0.39 is 0 Å². The van der Waals surface area contributed by atoms with Gasteiger partial charge in [-0.15, -0.1) is 0 Å². The van der Waals surface area contributed by atoms with E-state index in [9.17, 15) is 4.79 Å². The topological polar surface area (TPSA) is 87.4 Å². The highest BCUT2D eigenvalue weighted by atomic mass is 16.5. The summed E-state index contributed by atoms with van der Waals surface area (Å²) in [5.41, 5.74) is 2.57. The molecule has 3 aromatic rings. The molecule has 1 aromatic carbocycles. The summed E-state index contributed by atoms with van der Waals surface area (Å²) in [6.45, 7) is 0.721. The average molecular weight is 392 g/mol. The minimum absolute atomic E-state index is 0.0160. The van der Waals surface area contributed by atoms with Crippen LogP contribution in [-0.4, -0.2) is 59.7 Å². The van der Waals surface area contributed by atoms with E-state index in [4.69, 9.17) is 4.52 Å². The number of carbonyl (C=O) groups is 1. The van der Waals surface area contributed by atoms with E-state index in [1.54, 1.807) is 12.4 Å². The predicted octanol–water partition coefficient (Wildman–Crippen LogP) is 2.37. The van der Waals surface area contributed by atoms with Crippen molar-refractivity contribution < 1.29 is 9.32 Å². The number of pyridine rings is 1. The first-order valence-corrected chi connectivity index (χ1v) is 9.54. The number of carbonyl (C=O) groups excluding carboxylic acids is 1. The molecule has 0 bridgehead atoms. The molecule has 1 amide bonds. The fourth-order valence-corrected chi connectivity index (χ4v) is 3.56. The Morgan fingerprint density at radius 3 is 2.59 bits per heavy atom. The summed E-state index contributed by atoms with van der Waals surface area (Å²) < 4.78 is 5.51. The van der Waals surface area contributed by atoms with Crippen molar-refractivity contribution in [3.63, 3.8) is 0 Å². The van der Waals surface area contributed by atoms with Gasteiger partial charge in [0.25, 0.3) is 5.91 Å². The van der Waals surface area contributed by atoms with Crippen LogP contribution in [0.5, 0.6) is 0 Å². The monoisotopic (exact) mass is 392 g/mol. The van der Waals surface area contributed by atoms with Crippen molar-refractivity contribution in [2.45, 2.75) is 18.5 Å². The van der Waals surface area contributed by atoms with Crippen molar-refractivity contribution >= 4 is 11.6 Å². The summed E-state index contributed by atoms with van der Waals surface area (Å²) in [5, 5.41) is 7.21. The maximum atomic E-state index is 12.6. The largest absolute Gasteiger partial charge is 0.378 e. The molecule has 1 saturated heterocycles. The molecule has 4 rings (SSSR count). The Morgan fingerprint density at radius 2 is 1.90 bits per heavy atom. The highest BCUT2D eigenvalue weighted by Gasteiger charge is 2.35. The van der Waals surface area contributed by atoms with E-state index in [1.165, 1.54) is 0 Å². The number of hydrogen-bond acceptors (Lipinski definition) is 7. The third kappa shape index (κ3) is 4.12. The quantitative estimate of drug-likeness (QED) is 0.713. The maximum Gasteiger partial charge on any atom is 0.251 e. The predicted molar refractivity (Wildman–Crippen MR) is 110 cm³/mol. The van der Waals surface area contributed by atoms with Gasteiger partial charge < -0.3 is 14.7 Å². The van der Waals surface area contributed by atoms with Crippen LogP contribution in [0.25, 0.3) is 11.4 Å². The van der Waals surface area contributed by atoms with E-state index in [0.717, 1.165) is 24.2 Å². The molecule has 0 radical (unpaired) electrons. The van der Waals surface area contributed by atoms with Gasteiger partial charge in [-0.25, -0.2) is 0 Å². The maximum absolute atomic E-state index is 12.6. The normalized spacial score (nSPS) is 19.3. The molecule has 2 aromatic heterocycles. The van der Waals surface area contributed by atoms with Gasteiger partial charge in [0.15, 0.2) is 0 Å². The SMILES string of the molecule is CN(C)c1ccc(C(=O)N[C@H]2C[C@@H](c3nc(-c4ccncc4)no3)N(C)C2)cc1. The lowest BCUT2D eigenvalue weighted by atomic mass is 10.1. The molecule has 1 aliphatic rings. The molecule has 1 N–H and O–H groups in total. The molecule has 0 aliphatic carbocycles. The summed E-state index contributed by atoms with van der Waals surface area (Å²) in [4.78, 5) is 25.3. The molecule has 29 heavy (non-hydrogen) atoms. The van der Waals surface area contributed by atoms with Crippen LogP contribution in [0, 0.1) is 0 Å². The minimum Gasteiger partial charge on any atom is -0.378 e. The van der Waals surface area contributed by atoms with Crippen LogP contribution in [0.3, 0.4) is 0 Å². The molecule has 8 heteroatoms. The minimum atomic E-state index is -0.0719. The van der Waals surface area contributed by atoms with Crippen LogP contribution < -0.4 is 10.2 Å². The van der Waals surface area contributed by atoms with Gasteiger partial charge in [-0.1, -0.05) is 5.16 Å². The van der Waals surface area contributed by atoms with Gasteiger partial charge in [0.2, 0.25) is 11.7 Å². The summed E-state index contributed by atoms with van der Waals surface area (Å²) >= 11 is 0. The Labute approximate surface area is 169 Å². The molecule has 3 heterocycles. The third-order valence-electron chi connectivity index (χ3n) is 5.19. The number of benzene rings is 1. The van der Waals surface area contributed by atoms with Crippen molar-refractivity contribution in [2.75, 3.05) is 32.6 Å². The number of amides is 1. The van der Waals surface area contributed by atoms with Gasteiger partial charge in [0.1, 0.15) is 0 Å². The molecule has 0 spiro atoms. The molecule has 0 saturated carbocycles. The second-order valence-corrected chi connectivity index (χ2v) is 7.49. The second kappa shape index (κ2) is 8.00. The van der Waals surface area contributed by atoms with Crippen LogP contribution in [0.1, 0.15) is 28.7 Å². The van der Waals surface area contributed by atoms with Crippen LogP contribution in [0.2, 0.25) is 0 Å². The number of aromatic nitrogens is 3. The molecule has 8 nitrogen and oxygen atoms in total. The highest BCUT2D eigenvalue weighted by molar-refractivity contribution is 5.94. The van der Waals surface area contributed by atoms with E-state index in [-0.39, 0.29) is 18.0 Å². The Balaban J connectivity index is 1.41. The number of rotatable bonds is 5. The zero-order valence-electron chi connectivity index (χ0n) is 16.7. The van der Waals surface area contributed by atoms with Crippen LogP contribution in [0.4, 0.5) is 5.69 Å². The Hall–Kier alpha value is -3.26. The molecular weight excluding hydrogens is 368 g/mol. The number of nitrogens with zero attached hydrogens (tertiary/aromatic N) is 5. The fourth-order valence-electron chi connectivity index (χ4n) is 3.56. The van der Waals surface area contributed by atoms with Gasteiger partial charge >= 0.3 is 0 Å². The first-order chi connectivity index (χ1) is 14.0. The molecule has 150 valence electrons. The summed E-state index contributed by atoms with van der Waals surface area (Å²) in [7, 11) is 5.95. The lowest BCUT2D eigenvalue weighted by Gasteiger charge is -2.15. The Morgan fingerprint density at radius 1 is 1.17 bits per heavy atom. The van der Waals surface area contributed by atoms with E-state index in [2.05, 4.69) is 25.3 Å². The zero-order valence-corrected chi connectivity index (χ0v) is 16.7. The van der Waals surface area contributed by atoms with Crippen molar-refractivity contribution in [1.82, 2.24) is 25.3 Å². The van der Waals surface area contributed by atoms with Gasteiger partial charge in [-0.2, -0.15) is 4.98 Å². The van der Waals surface area contributed by atoms with E-state index in [0.29, 0.717) is 17.3 Å². The standard InChI is InChI=1S/C21H24N6O2/c1-26(2)17-6-4-15(5-7-17)20(28)23-16-12-18(27(3)13-16)21-24-19(25-29-21)14-8-10-22-11-9-14/h4-11,16,18H,12-13H2,1-3H3,(H,23,28)/t16-,18-/m0/s1. The molecule has 1 aliphatic heterocycles. The number of anilines is 1. The lowest BCUT2D eigenvalue weighted by molar-refractivity contribution is 0.0938. The van der Waals surface area contributed by atoms with Gasteiger partial charge in [-0.3, -0.25) is 14.7 Å². The van der Waals surface area contributed by atoms with Gasteiger partial charge in [0.05, 0.1) is 6.04 Å². The molecule has 0 unspecified atom stereocenters. The highest BCUT2D eigenvalue weighted by Crippen LogP contribution is 2.31. The first kappa shape index (κ1) is 19.1. The average Bonchev–Trinajstić information content (AvgIpc) is 3.35. The Bertz CT molecular complexity index is 970. The number of likely N-dealkylation sites (N-methyl/N-ethyl adjacent to an activating group) is 1. The summed E-state index contributed by atoms with van der Waals surface area (Å²) in [6, 6.07) is 11.3. The third-order valence-corrected chi connectivity index (χ3v) is 5.19. The molecule has 2 atom stereocenters. The van der Waals surface area contributed by atoms with E-state index >= 15 is 0 Å². The van der Waals surface area contributed by atoms with Crippen LogP contribution in [0.15, 0.2) is 53.3 Å². The zero-order chi connectivity index (χ0) is 20.4. The smallest absolute Gasteiger partial charge is 0.251 e.